The lowest BCUT2D eigenvalue weighted by atomic mass is 10.3. The number of non-ortho nitro benzene ring substituents is 1. The Bertz CT molecular complexity index is 623. The molecule has 0 saturated heterocycles. The number of nitro groups is 1. The van der Waals surface area contributed by atoms with Gasteiger partial charge in [-0.2, -0.15) is 9.57 Å². The van der Waals surface area contributed by atoms with Gasteiger partial charge >= 0.3 is 0 Å². The number of benzene rings is 1. The van der Waals surface area contributed by atoms with E-state index in [9.17, 15) is 22.9 Å². The molecule has 0 radical (unpaired) electrons. The summed E-state index contributed by atoms with van der Waals surface area (Å²) in [6.45, 7) is -0.438. The van der Waals surface area contributed by atoms with Gasteiger partial charge in [0.2, 0.25) is 10.0 Å². The van der Waals surface area contributed by atoms with Crippen LogP contribution in [0.15, 0.2) is 23.1 Å². The first-order valence-electron chi connectivity index (χ1n) is 4.57. The lowest BCUT2D eigenvalue weighted by Crippen LogP contribution is -2.27. The van der Waals surface area contributed by atoms with Crippen molar-refractivity contribution in [2.24, 2.45) is 0 Å². The van der Waals surface area contributed by atoms with Crippen LogP contribution in [-0.4, -0.2) is 31.2 Å². The van der Waals surface area contributed by atoms with Crippen molar-refractivity contribution in [3.8, 4) is 6.07 Å². The van der Waals surface area contributed by atoms with Gasteiger partial charge in [0.1, 0.15) is 12.4 Å². The zero-order valence-corrected chi connectivity index (χ0v) is 10.0. The molecule has 0 unspecified atom stereocenters. The van der Waals surface area contributed by atoms with Crippen molar-refractivity contribution < 1.29 is 17.7 Å². The third-order valence-electron chi connectivity index (χ3n) is 2.07. The summed E-state index contributed by atoms with van der Waals surface area (Å²) in [5.74, 6) is -1.03. The second kappa shape index (κ2) is 5.07. The first-order chi connectivity index (χ1) is 8.28. The number of rotatable bonds is 4. The van der Waals surface area contributed by atoms with Crippen LogP contribution in [0.25, 0.3) is 0 Å². The molecular weight excluding hydrogens is 265 g/mol. The number of halogens is 1. The van der Waals surface area contributed by atoms with Crippen LogP contribution in [0, 0.1) is 27.3 Å². The van der Waals surface area contributed by atoms with Gasteiger partial charge in [-0.3, -0.25) is 10.1 Å². The van der Waals surface area contributed by atoms with Gasteiger partial charge in [-0.25, -0.2) is 12.8 Å². The average Bonchev–Trinajstić information content (AvgIpc) is 2.28. The fraction of sp³-hybridized carbons (Fsp3) is 0.222. The molecule has 1 aromatic carbocycles. The third kappa shape index (κ3) is 2.79. The van der Waals surface area contributed by atoms with Crippen LogP contribution in [-0.2, 0) is 10.0 Å². The Morgan fingerprint density at radius 1 is 1.50 bits per heavy atom. The Kier molecular flexibility index (Phi) is 3.95. The molecule has 0 aliphatic rings. The Balaban J connectivity index is 3.34. The molecule has 0 aromatic heterocycles. The van der Waals surface area contributed by atoms with Gasteiger partial charge < -0.3 is 0 Å². The smallest absolute Gasteiger partial charge is 0.258 e. The maximum absolute atomic E-state index is 13.1. The first kappa shape index (κ1) is 14.0. The summed E-state index contributed by atoms with van der Waals surface area (Å²) < 4.78 is 37.5. The monoisotopic (exact) mass is 273 g/mol. The van der Waals surface area contributed by atoms with Crippen molar-refractivity contribution in [1.82, 2.24) is 4.31 Å². The van der Waals surface area contributed by atoms with Crippen molar-refractivity contribution in [3.05, 3.63) is 34.1 Å². The molecule has 7 nitrogen and oxygen atoms in total. The lowest BCUT2D eigenvalue weighted by Gasteiger charge is -2.13. The van der Waals surface area contributed by atoms with Gasteiger partial charge in [-0.1, -0.05) is 0 Å². The Morgan fingerprint density at radius 2 is 2.11 bits per heavy atom. The zero-order valence-electron chi connectivity index (χ0n) is 9.20. The highest BCUT2D eigenvalue weighted by Crippen LogP contribution is 2.22. The molecule has 96 valence electrons. The molecule has 0 amide bonds. The highest BCUT2D eigenvalue weighted by atomic mass is 32.2. The van der Waals surface area contributed by atoms with Gasteiger partial charge in [-0.15, -0.1) is 0 Å². The molecule has 0 aliphatic carbocycles. The second-order valence-corrected chi connectivity index (χ2v) is 5.37. The van der Waals surface area contributed by atoms with Crippen LogP contribution in [0.2, 0.25) is 0 Å². The van der Waals surface area contributed by atoms with Gasteiger partial charge in [0.05, 0.1) is 22.0 Å². The predicted molar refractivity (Wildman–Crippen MR) is 58.5 cm³/mol. The molecule has 18 heavy (non-hydrogen) atoms. The summed E-state index contributed by atoms with van der Waals surface area (Å²) in [6, 6.07) is 3.63. The number of nitro benzene ring substituents is 1. The molecule has 0 bridgehead atoms. The fourth-order valence-electron chi connectivity index (χ4n) is 1.17. The SMILES string of the molecule is CN(CC#N)S(=O)(=O)c1cc(F)cc([N+](=O)[O-])c1. The van der Waals surface area contributed by atoms with Crippen LogP contribution >= 0.6 is 0 Å². The van der Waals surface area contributed by atoms with Crippen LogP contribution in [0.3, 0.4) is 0 Å². The van der Waals surface area contributed by atoms with E-state index in [2.05, 4.69) is 0 Å². The van der Waals surface area contributed by atoms with Gasteiger partial charge in [0, 0.05) is 13.1 Å². The molecule has 9 heteroatoms. The van der Waals surface area contributed by atoms with E-state index < -0.39 is 37.9 Å². The molecule has 1 rings (SSSR count). The Labute approximate surface area is 102 Å². The van der Waals surface area contributed by atoms with Crippen LogP contribution < -0.4 is 0 Å². The summed E-state index contributed by atoms with van der Waals surface area (Å²) >= 11 is 0. The predicted octanol–water partition coefficient (Wildman–Crippen LogP) is 0.878. The molecular formula is C9H8FN3O4S. The Hall–Kier alpha value is -2.05. The van der Waals surface area contributed by atoms with Crippen molar-refractivity contribution in [2.75, 3.05) is 13.6 Å². The van der Waals surface area contributed by atoms with Crippen LogP contribution in [0.5, 0.6) is 0 Å². The second-order valence-electron chi connectivity index (χ2n) is 3.32. The molecule has 1 aromatic rings. The van der Waals surface area contributed by atoms with Gasteiger partial charge in [0.25, 0.3) is 5.69 Å². The summed E-state index contributed by atoms with van der Waals surface area (Å²) in [5, 5.41) is 18.9. The summed E-state index contributed by atoms with van der Waals surface area (Å²) in [7, 11) is -2.99. The molecule has 0 atom stereocenters. The maximum atomic E-state index is 13.1. The van der Waals surface area contributed by atoms with E-state index in [4.69, 9.17) is 5.26 Å². The van der Waals surface area contributed by atoms with Crippen molar-refractivity contribution in [1.29, 1.82) is 5.26 Å². The molecule has 0 N–H and O–H groups in total. The van der Waals surface area contributed by atoms with Crippen molar-refractivity contribution in [2.45, 2.75) is 4.90 Å². The fourth-order valence-corrected chi connectivity index (χ4v) is 2.29. The molecule has 0 heterocycles. The maximum Gasteiger partial charge on any atom is 0.273 e. The molecule has 0 fully saturated rings. The van der Waals surface area contributed by atoms with E-state index in [1.54, 1.807) is 6.07 Å². The summed E-state index contributed by atoms with van der Waals surface area (Å²) in [4.78, 5) is 9.05. The number of nitriles is 1. The third-order valence-corrected chi connectivity index (χ3v) is 3.85. The van der Waals surface area contributed by atoms with E-state index in [1.807, 2.05) is 0 Å². The minimum atomic E-state index is -4.11. The number of hydrogen-bond donors (Lipinski definition) is 0. The van der Waals surface area contributed by atoms with E-state index >= 15 is 0 Å². The van der Waals surface area contributed by atoms with Gasteiger partial charge in [-0.05, 0) is 6.07 Å². The minimum Gasteiger partial charge on any atom is -0.258 e. The van der Waals surface area contributed by atoms with E-state index in [0.29, 0.717) is 16.4 Å². The topological polar surface area (TPSA) is 104 Å². The number of sulfonamides is 1. The number of nitrogens with zero attached hydrogens (tertiary/aromatic N) is 3. The van der Waals surface area contributed by atoms with Crippen molar-refractivity contribution in [3.63, 3.8) is 0 Å². The van der Waals surface area contributed by atoms with Crippen molar-refractivity contribution >= 4 is 15.7 Å². The van der Waals surface area contributed by atoms with Crippen LogP contribution in [0.4, 0.5) is 10.1 Å². The zero-order chi connectivity index (χ0) is 13.9. The average molecular weight is 273 g/mol. The van der Waals surface area contributed by atoms with E-state index in [0.717, 1.165) is 13.1 Å². The Morgan fingerprint density at radius 3 is 2.61 bits per heavy atom. The quantitative estimate of drug-likeness (QED) is 0.460. The first-order valence-corrected chi connectivity index (χ1v) is 6.01. The minimum absolute atomic E-state index is 0.438. The number of hydrogen-bond acceptors (Lipinski definition) is 5. The molecule has 0 saturated carbocycles. The molecule has 0 aliphatic heterocycles. The largest absolute Gasteiger partial charge is 0.273 e. The summed E-state index contributed by atoms with van der Waals surface area (Å²) in [5.41, 5.74) is -0.668. The highest BCUT2D eigenvalue weighted by molar-refractivity contribution is 7.89. The standard InChI is InChI=1S/C9H8FN3O4S/c1-12(3-2-11)18(16,17)9-5-7(10)4-8(6-9)13(14)15/h4-6H,3H2,1H3. The molecule has 0 spiro atoms. The summed E-state index contributed by atoms with van der Waals surface area (Å²) in [6.07, 6.45) is 0. The highest BCUT2D eigenvalue weighted by Gasteiger charge is 2.24. The van der Waals surface area contributed by atoms with Crippen LogP contribution in [0.1, 0.15) is 0 Å². The van der Waals surface area contributed by atoms with E-state index in [1.165, 1.54) is 0 Å². The normalized spacial score (nSPS) is 11.2. The van der Waals surface area contributed by atoms with E-state index in [-0.39, 0.29) is 0 Å². The lowest BCUT2D eigenvalue weighted by molar-refractivity contribution is -0.385. The van der Waals surface area contributed by atoms with Gasteiger partial charge in [0.15, 0.2) is 0 Å².